The molecule has 110 valence electrons. The second-order valence-electron chi connectivity index (χ2n) is 5.63. The van der Waals surface area contributed by atoms with Gasteiger partial charge in [0.1, 0.15) is 12.4 Å². The van der Waals surface area contributed by atoms with E-state index in [-0.39, 0.29) is 24.7 Å². The van der Waals surface area contributed by atoms with Crippen molar-refractivity contribution < 1.29 is 19.0 Å². The lowest BCUT2D eigenvalue weighted by atomic mass is 9.85. The van der Waals surface area contributed by atoms with E-state index in [1.54, 1.807) is 0 Å². The predicted octanol–water partition coefficient (Wildman–Crippen LogP) is 1.55. The van der Waals surface area contributed by atoms with E-state index >= 15 is 0 Å². The highest BCUT2D eigenvalue weighted by Gasteiger charge is 2.32. The molecule has 1 aromatic carbocycles. The van der Waals surface area contributed by atoms with Crippen LogP contribution in [0.2, 0.25) is 0 Å². The molecule has 0 saturated carbocycles. The molecule has 0 amide bonds. The number of ether oxygens (including phenoxy) is 3. The summed E-state index contributed by atoms with van der Waals surface area (Å²) in [6, 6.07) is 5.67. The molecule has 2 N–H and O–H groups in total. The highest BCUT2D eigenvalue weighted by Crippen LogP contribution is 2.39. The molecule has 1 aromatic rings. The molecule has 2 rings (SSSR count). The zero-order chi connectivity index (χ0) is 14.8. The van der Waals surface area contributed by atoms with Crippen LogP contribution in [-0.4, -0.2) is 32.9 Å². The normalized spacial score (nSPS) is 17.2. The number of carbonyl (C=O) groups excluding carboxylic acids is 1. The summed E-state index contributed by atoms with van der Waals surface area (Å²) in [5.74, 6) is 0.516. The fourth-order valence-corrected chi connectivity index (χ4v) is 2.19. The summed E-state index contributed by atoms with van der Waals surface area (Å²) in [5, 5.41) is 0. The molecule has 5 nitrogen and oxygen atoms in total. The van der Waals surface area contributed by atoms with Crippen LogP contribution in [0.15, 0.2) is 18.2 Å². The highest BCUT2D eigenvalue weighted by atomic mass is 16.6. The number of hydrogen-bond donors (Lipinski definition) is 1. The maximum absolute atomic E-state index is 11.0. The first kappa shape index (κ1) is 14.8. The molecular formula is C15H21NO4. The van der Waals surface area contributed by atoms with Gasteiger partial charge >= 0.3 is 5.97 Å². The van der Waals surface area contributed by atoms with Gasteiger partial charge in [0.05, 0.1) is 26.4 Å². The number of nitrogens with two attached hydrogens (primary N) is 1. The lowest BCUT2D eigenvalue weighted by Gasteiger charge is -2.18. The van der Waals surface area contributed by atoms with E-state index in [1.165, 1.54) is 12.7 Å². The van der Waals surface area contributed by atoms with Crippen molar-refractivity contribution in [2.45, 2.75) is 25.3 Å². The van der Waals surface area contributed by atoms with Gasteiger partial charge in [-0.25, -0.2) is 4.79 Å². The summed E-state index contributed by atoms with van der Waals surface area (Å²) in [6.45, 7) is 5.16. The molecule has 20 heavy (non-hydrogen) atoms. The number of methoxy groups -OCH3 is 1. The van der Waals surface area contributed by atoms with E-state index < -0.39 is 5.97 Å². The van der Waals surface area contributed by atoms with Crippen molar-refractivity contribution in [3.05, 3.63) is 29.3 Å². The first-order valence-electron chi connectivity index (χ1n) is 6.61. The van der Waals surface area contributed by atoms with Gasteiger partial charge in [0.25, 0.3) is 0 Å². The molecule has 0 bridgehead atoms. The average molecular weight is 279 g/mol. The third-order valence-corrected chi connectivity index (χ3v) is 3.49. The van der Waals surface area contributed by atoms with Gasteiger partial charge in [-0.05, 0) is 17.7 Å². The van der Waals surface area contributed by atoms with Gasteiger partial charge in [-0.1, -0.05) is 19.9 Å². The molecule has 1 atom stereocenters. The van der Waals surface area contributed by atoms with Crippen molar-refractivity contribution in [1.82, 2.24) is 0 Å². The summed E-state index contributed by atoms with van der Waals surface area (Å²) in [4.78, 5) is 11.0. The van der Waals surface area contributed by atoms with Crippen molar-refractivity contribution in [3.8, 4) is 5.75 Å². The van der Waals surface area contributed by atoms with Gasteiger partial charge in [-0.3, -0.25) is 0 Å². The molecular weight excluding hydrogens is 258 g/mol. The summed E-state index contributed by atoms with van der Waals surface area (Å²) < 4.78 is 15.4. The molecule has 0 radical (unpaired) electrons. The Morgan fingerprint density at radius 2 is 2.25 bits per heavy atom. The molecule has 1 aliphatic rings. The first-order chi connectivity index (χ1) is 9.44. The van der Waals surface area contributed by atoms with Crippen molar-refractivity contribution in [2.24, 2.45) is 5.73 Å². The van der Waals surface area contributed by atoms with E-state index in [0.717, 1.165) is 11.3 Å². The van der Waals surface area contributed by atoms with Crippen molar-refractivity contribution >= 4 is 5.97 Å². The van der Waals surface area contributed by atoms with Crippen LogP contribution in [0.5, 0.6) is 5.75 Å². The lowest BCUT2D eigenvalue weighted by molar-refractivity contribution is -0.146. The van der Waals surface area contributed by atoms with Crippen molar-refractivity contribution in [3.63, 3.8) is 0 Å². The Bertz CT molecular complexity index is 499. The molecule has 5 heteroatoms. The Labute approximate surface area is 119 Å². The monoisotopic (exact) mass is 279 g/mol. The third-order valence-electron chi connectivity index (χ3n) is 3.49. The van der Waals surface area contributed by atoms with Crippen LogP contribution in [0, 0.1) is 0 Å². The van der Waals surface area contributed by atoms with Crippen LogP contribution in [0.4, 0.5) is 0 Å². The standard InChI is InChI=1S/C15H21NO4/c1-15(2)9-20-13-5-4-10(6-11(13)15)12(16)7-19-8-14(17)18-3/h4-6,12H,7-9,16H2,1-3H3. The Kier molecular flexibility index (Phi) is 4.30. The smallest absolute Gasteiger partial charge is 0.331 e. The van der Waals surface area contributed by atoms with Gasteiger partial charge in [0, 0.05) is 11.0 Å². The summed E-state index contributed by atoms with van der Waals surface area (Å²) in [7, 11) is 1.33. The number of carbonyl (C=O) groups is 1. The summed E-state index contributed by atoms with van der Waals surface area (Å²) in [5.41, 5.74) is 8.23. The van der Waals surface area contributed by atoms with Crippen LogP contribution >= 0.6 is 0 Å². The molecule has 1 heterocycles. The number of esters is 1. The topological polar surface area (TPSA) is 70.8 Å². The largest absolute Gasteiger partial charge is 0.492 e. The van der Waals surface area contributed by atoms with Crippen LogP contribution < -0.4 is 10.5 Å². The van der Waals surface area contributed by atoms with E-state index in [1.807, 2.05) is 12.1 Å². The molecule has 0 spiro atoms. The number of rotatable bonds is 5. The van der Waals surface area contributed by atoms with Crippen LogP contribution in [0.3, 0.4) is 0 Å². The molecule has 0 aromatic heterocycles. The third kappa shape index (κ3) is 3.11. The van der Waals surface area contributed by atoms with Gasteiger partial charge in [-0.15, -0.1) is 0 Å². The van der Waals surface area contributed by atoms with Gasteiger partial charge in [0.15, 0.2) is 0 Å². The Morgan fingerprint density at radius 1 is 1.50 bits per heavy atom. The maximum Gasteiger partial charge on any atom is 0.331 e. The predicted molar refractivity (Wildman–Crippen MR) is 74.7 cm³/mol. The lowest BCUT2D eigenvalue weighted by Crippen LogP contribution is -2.21. The fraction of sp³-hybridized carbons (Fsp3) is 0.533. The zero-order valence-corrected chi connectivity index (χ0v) is 12.1. The number of benzene rings is 1. The maximum atomic E-state index is 11.0. The molecule has 1 unspecified atom stereocenters. The molecule has 0 fully saturated rings. The quantitative estimate of drug-likeness (QED) is 0.828. The zero-order valence-electron chi connectivity index (χ0n) is 12.1. The van der Waals surface area contributed by atoms with E-state index in [4.69, 9.17) is 15.2 Å². The Morgan fingerprint density at radius 3 is 2.95 bits per heavy atom. The highest BCUT2D eigenvalue weighted by molar-refractivity contribution is 5.70. The number of fused-ring (bicyclic) bond motifs is 1. The minimum atomic E-state index is -0.402. The van der Waals surface area contributed by atoms with Crippen molar-refractivity contribution in [2.75, 3.05) is 26.9 Å². The SMILES string of the molecule is COC(=O)COCC(N)c1ccc2c(c1)C(C)(C)CO2. The average Bonchev–Trinajstić information content (AvgIpc) is 2.74. The molecule has 1 aliphatic heterocycles. The fourth-order valence-electron chi connectivity index (χ4n) is 2.19. The van der Waals surface area contributed by atoms with E-state index in [2.05, 4.69) is 24.7 Å². The van der Waals surface area contributed by atoms with Gasteiger partial charge < -0.3 is 19.9 Å². The minimum absolute atomic E-state index is 0.00205. The van der Waals surface area contributed by atoms with Crippen LogP contribution in [-0.2, 0) is 19.7 Å². The Hall–Kier alpha value is -1.59. The number of hydrogen-bond acceptors (Lipinski definition) is 5. The van der Waals surface area contributed by atoms with E-state index in [0.29, 0.717) is 6.61 Å². The van der Waals surface area contributed by atoms with Gasteiger partial charge in [0.2, 0.25) is 0 Å². The van der Waals surface area contributed by atoms with Gasteiger partial charge in [-0.2, -0.15) is 0 Å². The second kappa shape index (κ2) is 5.81. The second-order valence-corrected chi connectivity index (χ2v) is 5.63. The minimum Gasteiger partial charge on any atom is -0.492 e. The van der Waals surface area contributed by atoms with Crippen LogP contribution in [0.1, 0.15) is 31.0 Å². The summed E-state index contributed by atoms with van der Waals surface area (Å²) in [6.07, 6.45) is 0. The van der Waals surface area contributed by atoms with E-state index in [9.17, 15) is 4.79 Å². The molecule has 0 saturated heterocycles. The van der Waals surface area contributed by atoms with Crippen molar-refractivity contribution in [1.29, 1.82) is 0 Å². The summed E-state index contributed by atoms with van der Waals surface area (Å²) >= 11 is 0. The van der Waals surface area contributed by atoms with Crippen LogP contribution in [0.25, 0.3) is 0 Å². The molecule has 0 aliphatic carbocycles. The first-order valence-corrected chi connectivity index (χ1v) is 6.61. The Balaban J connectivity index is 2.01.